The number of carbonyl (C=O) groups excluding carboxylic acids is 1. The number of benzene rings is 3. The van der Waals surface area contributed by atoms with Gasteiger partial charge in [0.25, 0.3) is 0 Å². The second-order valence-corrected chi connectivity index (χ2v) is 12.9. The Kier molecular flexibility index (Phi) is 18.2. The normalized spacial score (nSPS) is 12.5. The summed E-state index contributed by atoms with van der Waals surface area (Å²) in [7, 11) is 0. The van der Waals surface area contributed by atoms with Crippen LogP contribution in [0, 0.1) is 0 Å². The van der Waals surface area contributed by atoms with Gasteiger partial charge in [-0.25, -0.2) is 4.79 Å². The number of esters is 1. The van der Waals surface area contributed by atoms with Crippen molar-refractivity contribution in [2.45, 2.75) is 143 Å². The Labute approximate surface area is 280 Å². The molecule has 0 saturated heterocycles. The van der Waals surface area contributed by atoms with Gasteiger partial charge in [-0.3, -0.25) is 0 Å². The molecule has 46 heavy (non-hydrogen) atoms. The molecule has 0 aliphatic rings. The minimum absolute atomic E-state index is 0.0546. The molecule has 3 aromatic carbocycles. The number of hydrogen-bond acceptors (Lipinski definition) is 4. The summed E-state index contributed by atoms with van der Waals surface area (Å²) in [5.74, 6) is 0.632. The topological polar surface area (TPSA) is 44.8 Å². The van der Waals surface area contributed by atoms with Gasteiger partial charge >= 0.3 is 5.97 Å². The van der Waals surface area contributed by atoms with Gasteiger partial charge in [-0.2, -0.15) is 0 Å². The molecule has 0 aliphatic carbocycles. The molecule has 0 aromatic heterocycles. The van der Waals surface area contributed by atoms with Gasteiger partial charge in [0.15, 0.2) is 11.5 Å². The molecule has 0 spiro atoms. The first-order valence-electron chi connectivity index (χ1n) is 18.3. The molecule has 3 aromatic rings. The maximum Gasteiger partial charge on any atom is 0.343 e. The van der Waals surface area contributed by atoms with E-state index in [0.29, 0.717) is 17.1 Å². The van der Waals surface area contributed by atoms with E-state index in [0.717, 1.165) is 37.0 Å². The zero-order chi connectivity index (χ0) is 32.8. The smallest absolute Gasteiger partial charge is 0.343 e. The van der Waals surface area contributed by atoms with Crippen LogP contribution in [0.15, 0.2) is 72.8 Å². The standard InChI is InChI=1S/C42H60O4/c1-5-7-8-9-10-11-12-13-14-15-16-17-18-21-33-44-35(4)36-25-27-37(28-26-36)38-29-31-39(32-30-38)42(43)46-41-24-20-19-23-40(41)45-34(3)22-6-2/h19-20,23-32,34-35H,5-18,21-22,33H2,1-4H3. The van der Waals surface area contributed by atoms with Gasteiger partial charge in [0.2, 0.25) is 0 Å². The second-order valence-electron chi connectivity index (χ2n) is 12.9. The highest BCUT2D eigenvalue weighted by Gasteiger charge is 2.15. The van der Waals surface area contributed by atoms with Crippen LogP contribution in [0.2, 0.25) is 0 Å². The molecule has 0 fully saturated rings. The number of hydrogen-bond donors (Lipinski definition) is 0. The van der Waals surface area contributed by atoms with Crippen molar-refractivity contribution >= 4 is 5.97 Å². The maximum absolute atomic E-state index is 12.9. The van der Waals surface area contributed by atoms with Gasteiger partial charge in [0, 0.05) is 6.61 Å². The zero-order valence-corrected chi connectivity index (χ0v) is 29.2. The van der Waals surface area contributed by atoms with Crippen molar-refractivity contribution in [1.82, 2.24) is 0 Å². The Hall–Kier alpha value is -3.11. The first-order chi connectivity index (χ1) is 22.5. The summed E-state index contributed by atoms with van der Waals surface area (Å²) in [6.45, 7) is 9.39. The van der Waals surface area contributed by atoms with Crippen molar-refractivity contribution in [3.8, 4) is 22.6 Å². The number of carbonyl (C=O) groups is 1. The molecule has 2 unspecified atom stereocenters. The van der Waals surface area contributed by atoms with Gasteiger partial charge < -0.3 is 14.2 Å². The van der Waals surface area contributed by atoms with Crippen molar-refractivity contribution in [3.63, 3.8) is 0 Å². The fourth-order valence-electron chi connectivity index (χ4n) is 5.87. The van der Waals surface area contributed by atoms with E-state index in [9.17, 15) is 4.79 Å². The van der Waals surface area contributed by atoms with E-state index < -0.39 is 5.97 Å². The van der Waals surface area contributed by atoms with E-state index in [2.05, 4.69) is 45.0 Å². The molecule has 0 heterocycles. The van der Waals surface area contributed by atoms with Crippen molar-refractivity contribution in [1.29, 1.82) is 0 Å². The van der Waals surface area contributed by atoms with Crippen LogP contribution in [0.25, 0.3) is 11.1 Å². The fraction of sp³-hybridized carbons (Fsp3) is 0.548. The number of rotatable bonds is 24. The Balaban J connectivity index is 1.33. The SMILES string of the molecule is CCCCCCCCCCCCCCCCOC(C)c1ccc(-c2ccc(C(=O)Oc3ccccc3OC(C)CCC)cc2)cc1. The lowest BCUT2D eigenvalue weighted by Crippen LogP contribution is -2.14. The van der Waals surface area contributed by atoms with Crippen LogP contribution in [0.3, 0.4) is 0 Å². The summed E-state index contributed by atoms with van der Waals surface area (Å²) in [5.41, 5.74) is 3.84. The predicted molar refractivity (Wildman–Crippen MR) is 193 cm³/mol. The van der Waals surface area contributed by atoms with E-state index >= 15 is 0 Å². The van der Waals surface area contributed by atoms with Crippen molar-refractivity contribution in [2.24, 2.45) is 0 Å². The van der Waals surface area contributed by atoms with Crippen LogP contribution in [0.1, 0.15) is 152 Å². The maximum atomic E-state index is 12.9. The Morgan fingerprint density at radius 3 is 1.63 bits per heavy atom. The molecule has 3 rings (SSSR count). The molecular weight excluding hydrogens is 568 g/mol. The minimum Gasteiger partial charge on any atom is -0.487 e. The number of para-hydroxylation sites is 2. The van der Waals surface area contributed by atoms with Crippen LogP contribution < -0.4 is 9.47 Å². The number of unbranched alkanes of at least 4 members (excludes halogenated alkanes) is 13. The third kappa shape index (κ3) is 14.1. The van der Waals surface area contributed by atoms with Crippen LogP contribution in [-0.2, 0) is 4.74 Å². The molecule has 4 heteroatoms. The Bertz CT molecular complexity index is 1220. The predicted octanol–water partition coefficient (Wildman–Crippen LogP) is 12.7. The number of ether oxygens (including phenoxy) is 3. The first kappa shape index (κ1) is 37.3. The van der Waals surface area contributed by atoms with E-state index in [1.807, 2.05) is 49.4 Å². The van der Waals surface area contributed by atoms with Crippen LogP contribution in [0.5, 0.6) is 11.5 Å². The molecule has 0 aliphatic heterocycles. The van der Waals surface area contributed by atoms with E-state index in [-0.39, 0.29) is 12.2 Å². The molecule has 2 atom stereocenters. The van der Waals surface area contributed by atoms with Crippen molar-refractivity contribution in [3.05, 3.63) is 83.9 Å². The third-order valence-electron chi connectivity index (χ3n) is 8.77. The fourth-order valence-corrected chi connectivity index (χ4v) is 5.87. The van der Waals surface area contributed by atoms with Crippen molar-refractivity contribution in [2.75, 3.05) is 6.61 Å². The van der Waals surface area contributed by atoms with Crippen LogP contribution in [0.4, 0.5) is 0 Å². The Morgan fingerprint density at radius 1 is 0.587 bits per heavy atom. The first-order valence-corrected chi connectivity index (χ1v) is 18.3. The molecule has 4 nitrogen and oxygen atoms in total. The molecule has 0 amide bonds. The Morgan fingerprint density at radius 2 is 1.09 bits per heavy atom. The highest BCUT2D eigenvalue weighted by atomic mass is 16.6. The lowest BCUT2D eigenvalue weighted by Gasteiger charge is -2.16. The average molecular weight is 629 g/mol. The van der Waals surface area contributed by atoms with Gasteiger partial charge in [-0.05, 0) is 67.6 Å². The largest absolute Gasteiger partial charge is 0.487 e. The van der Waals surface area contributed by atoms with Gasteiger partial charge in [-0.1, -0.05) is 152 Å². The highest BCUT2D eigenvalue weighted by Crippen LogP contribution is 2.30. The van der Waals surface area contributed by atoms with Crippen LogP contribution in [-0.4, -0.2) is 18.7 Å². The zero-order valence-electron chi connectivity index (χ0n) is 29.2. The summed E-state index contributed by atoms with van der Waals surface area (Å²) in [6.07, 6.45) is 21.3. The van der Waals surface area contributed by atoms with Gasteiger partial charge in [0.05, 0.1) is 17.8 Å². The van der Waals surface area contributed by atoms with Gasteiger partial charge in [0.1, 0.15) is 0 Å². The molecule has 0 bridgehead atoms. The molecule has 0 N–H and O–H groups in total. The van der Waals surface area contributed by atoms with E-state index in [4.69, 9.17) is 14.2 Å². The average Bonchev–Trinajstić information content (AvgIpc) is 3.07. The van der Waals surface area contributed by atoms with E-state index in [1.165, 1.54) is 89.0 Å². The minimum atomic E-state index is -0.397. The summed E-state index contributed by atoms with van der Waals surface area (Å²) in [5, 5.41) is 0. The van der Waals surface area contributed by atoms with E-state index in [1.54, 1.807) is 6.07 Å². The molecule has 0 radical (unpaired) electrons. The quantitative estimate of drug-likeness (QED) is 0.0562. The lowest BCUT2D eigenvalue weighted by molar-refractivity contribution is 0.0627. The monoisotopic (exact) mass is 628 g/mol. The molecular formula is C42H60O4. The summed E-state index contributed by atoms with van der Waals surface area (Å²) >= 11 is 0. The van der Waals surface area contributed by atoms with Crippen molar-refractivity contribution < 1.29 is 19.0 Å². The highest BCUT2D eigenvalue weighted by molar-refractivity contribution is 5.92. The summed E-state index contributed by atoms with van der Waals surface area (Å²) in [6, 6.07) is 23.4. The summed E-state index contributed by atoms with van der Waals surface area (Å²) < 4.78 is 17.9. The van der Waals surface area contributed by atoms with Crippen LogP contribution >= 0.6 is 0 Å². The lowest BCUT2D eigenvalue weighted by atomic mass is 10.0. The van der Waals surface area contributed by atoms with Gasteiger partial charge in [-0.15, -0.1) is 0 Å². The second kappa shape index (κ2) is 22.4. The summed E-state index contributed by atoms with van der Waals surface area (Å²) in [4.78, 5) is 12.9. The third-order valence-corrected chi connectivity index (χ3v) is 8.77. The molecule has 252 valence electrons. The molecule has 0 saturated carbocycles.